The highest BCUT2D eigenvalue weighted by atomic mass is 16.5. The number of aliphatic hydroxyl groups excluding tert-OH is 1. The number of ether oxygens (including phenoxy) is 1. The molecule has 0 aliphatic heterocycles. The van der Waals surface area contributed by atoms with Gasteiger partial charge in [0.25, 0.3) is 0 Å². The molecule has 2 amide bonds. The molecule has 1 saturated carbocycles. The van der Waals surface area contributed by atoms with E-state index in [2.05, 4.69) is 10.6 Å². The van der Waals surface area contributed by atoms with Gasteiger partial charge in [-0.25, -0.2) is 4.79 Å². The van der Waals surface area contributed by atoms with E-state index in [0.717, 1.165) is 12.8 Å². The molecule has 0 heterocycles. The van der Waals surface area contributed by atoms with Gasteiger partial charge < -0.3 is 20.5 Å². The van der Waals surface area contributed by atoms with Crippen molar-refractivity contribution in [3.05, 3.63) is 0 Å². The first kappa shape index (κ1) is 11.3. The molecule has 1 aliphatic rings. The van der Waals surface area contributed by atoms with Crippen molar-refractivity contribution in [3.8, 4) is 0 Å². The van der Waals surface area contributed by atoms with E-state index in [1.165, 1.54) is 7.11 Å². The van der Waals surface area contributed by atoms with Gasteiger partial charge in [0.15, 0.2) is 0 Å². The van der Waals surface area contributed by atoms with Crippen molar-refractivity contribution in [2.45, 2.75) is 31.4 Å². The molecular weight excluding hydrogens is 184 g/mol. The molecule has 0 aromatic carbocycles. The summed E-state index contributed by atoms with van der Waals surface area (Å²) in [4.78, 5) is 11.1. The molecule has 5 nitrogen and oxygen atoms in total. The van der Waals surface area contributed by atoms with Crippen LogP contribution in [-0.2, 0) is 4.74 Å². The lowest BCUT2D eigenvalue weighted by Gasteiger charge is -2.10. The second-order valence-corrected chi connectivity index (χ2v) is 3.57. The molecule has 0 radical (unpaired) electrons. The van der Waals surface area contributed by atoms with E-state index in [0.29, 0.717) is 25.6 Å². The maximum absolute atomic E-state index is 11.1. The van der Waals surface area contributed by atoms with Gasteiger partial charge in [-0.05, 0) is 19.3 Å². The molecule has 0 spiro atoms. The summed E-state index contributed by atoms with van der Waals surface area (Å²) in [5.74, 6) is 0. The number of aliphatic hydroxyl groups is 1. The van der Waals surface area contributed by atoms with Gasteiger partial charge >= 0.3 is 6.03 Å². The summed E-state index contributed by atoms with van der Waals surface area (Å²) < 4.78 is 4.76. The Morgan fingerprint density at radius 1 is 1.64 bits per heavy atom. The minimum Gasteiger partial charge on any atom is -0.391 e. The van der Waals surface area contributed by atoms with Gasteiger partial charge in [0, 0.05) is 19.7 Å². The number of carbonyl (C=O) groups is 1. The molecule has 0 bridgehead atoms. The van der Waals surface area contributed by atoms with Crippen LogP contribution in [0.5, 0.6) is 0 Å². The van der Waals surface area contributed by atoms with Gasteiger partial charge in [-0.2, -0.15) is 0 Å². The normalized spacial score (nSPS) is 17.6. The third kappa shape index (κ3) is 5.04. The Morgan fingerprint density at radius 3 is 2.93 bits per heavy atom. The van der Waals surface area contributed by atoms with Crippen molar-refractivity contribution in [1.29, 1.82) is 0 Å². The molecule has 3 N–H and O–H groups in total. The summed E-state index contributed by atoms with van der Waals surface area (Å²) in [5, 5.41) is 14.7. The SMILES string of the molecule is COCC(O)CCNC(=O)NC1CC1. The molecule has 14 heavy (non-hydrogen) atoms. The summed E-state index contributed by atoms with van der Waals surface area (Å²) in [6.45, 7) is 0.787. The maximum Gasteiger partial charge on any atom is 0.315 e. The minimum absolute atomic E-state index is 0.142. The maximum atomic E-state index is 11.1. The highest BCUT2D eigenvalue weighted by molar-refractivity contribution is 5.74. The first-order chi connectivity index (χ1) is 6.72. The van der Waals surface area contributed by atoms with Crippen LogP contribution in [0.2, 0.25) is 0 Å². The first-order valence-electron chi connectivity index (χ1n) is 4.93. The smallest absolute Gasteiger partial charge is 0.315 e. The Hall–Kier alpha value is -0.810. The molecule has 1 fully saturated rings. The predicted molar refractivity (Wildman–Crippen MR) is 52.1 cm³/mol. The molecule has 0 aromatic rings. The average Bonchev–Trinajstić information content (AvgIpc) is 2.88. The van der Waals surface area contributed by atoms with E-state index in [1.807, 2.05) is 0 Å². The lowest BCUT2D eigenvalue weighted by Crippen LogP contribution is -2.38. The van der Waals surface area contributed by atoms with E-state index >= 15 is 0 Å². The number of carbonyl (C=O) groups excluding carboxylic acids is 1. The zero-order chi connectivity index (χ0) is 10.4. The quantitative estimate of drug-likeness (QED) is 0.560. The Kier molecular flexibility index (Phi) is 4.69. The third-order valence-corrected chi connectivity index (χ3v) is 2.03. The number of amides is 2. The van der Waals surface area contributed by atoms with Gasteiger partial charge in [-0.15, -0.1) is 0 Å². The monoisotopic (exact) mass is 202 g/mol. The van der Waals surface area contributed by atoms with Gasteiger partial charge in [0.2, 0.25) is 0 Å². The average molecular weight is 202 g/mol. The highest BCUT2D eigenvalue weighted by Gasteiger charge is 2.22. The van der Waals surface area contributed by atoms with Crippen molar-refractivity contribution in [2.75, 3.05) is 20.3 Å². The second kappa shape index (κ2) is 5.82. The highest BCUT2D eigenvalue weighted by Crippen LogP contribution is 2.18. The molecule has 5 heteroatoms. The van der Waals surface area contributed by atoms with Crippen molar-refractivity contribution in [2.24, 2.45) is 0 Å². The topological polar surface area (TPSA) is 70.6 Å². The Bertz CT molecular complexity index is 183. The van der Waals surface area contributed by atoms with E-state index in [1.54, 1.807) is 0 Å². The Balaban J connectivity index is 1.93. The number of rotatable bonds is 6. The summed E-state index contributed by atoms with van der Waals surface area (Å²) in [6.07, 6.45) is 2.19. The number of hydrogen-bond donors (Lipinski definition) is 3. The van der Waals surface area contributed by atoms with Crippen LogP contribution in [0.4, 0.5) is 4.79 Å². The van der Waals surface area contributed by atoms with Crippen molar-refractivity contribution in [3.63, 3.8) is 0 Å². The van der Waals surface area contributed by atoms with E-state index in [9.17, 15) is 9.90 Å². The van der Waals surface area contributed by atoms with Crippen LogP contribution in [-0.4, -0.2) is 43.5 Å². The summed E-state index contributed by atoms with van der Waals surface area (Å²) >= 11 is 0. The van der Waals surface area contributed by atoms with E-state index in [-0.39, 0.29) is 6.03 Å². The largest absolute Gasteiger partial charge is 0.391 e. The molecular formula is C9H18N2O3. The summed E-state index contributed by atoms with van der Waals surface area (Å²) in [5.41, 5.74) is 0. The number of urea groups is 1. The van der Waals surface area contributed by atoms with Gasteiger partial charge in [-0.1, -0.05) is 0 Å². The lowest BCUT2D eigenvalue weighted by molar-refractivity contribution is 0.0598. The van der Waals surface area contributed by atoms with Crippen LogP contribution < -0.4 is 10.6 Å². The van der Waals surface area contributed by atoms with Crippen LogP contribution in [0.25, 0.3) is 0 Å². The van der Waals surface area contributed by atoms with Crippen LogP contribution in [0, 0.1) is 0 Å². The molecule has 82 valence electrons. The summed E-state index contributed by atoms with van der Waals surface area (Å²) in [7, 11) is 1.54. The van der Waals surface area contributed by atoms with Crippen molar-refractivity contribution >= 4 is 6.03 Å². The molecule has 1 aliphatic carbocycles. The molecule has 1 unspecified atom stereocenters. The van der Waals surface area contributed by atoms with Crippen LogP contribution in [0.15, 0.2) is 0 Å². The molecule has 0 aromatic heterocycles. The molecule has 0 saturated heterocycles. The fraction of sp³-hybridized carbons (Fsp3) is 0.889. The standard InChI is InChI=1S/C9H18N2O3/c1-14-6-8(12)4-5-10-9(13)11-7-2-3-7/h7-8,12H,2-6H2,1H3,(H2,10,11,13). The lowest BCUT2D eigenvalue weighted by atomic mass is 10.3. The number of methoxy groups -OCH3 is 1. The summed E-state index contributed by atoms with van der Waals surface area (Å²) in [6, 6.07) is 0.232. The van der Waals surface area contributed by atoms with E-state index < -0.39 is 6.10 Å². The zero-order valence-corrected chi connectivity index (χ0v) is 8.45. The van der Waals surface area contributed by atoms with Crippen LogP contribution >= 0.6 is 0 Å². The number of hydrogen-bond acceptors (Lipinski definition) is 3. The second-order valence-electron chi connectivity index (χ2n) is 3.57. The van der Waals surface area contributed by atoms with Crippen LogP contribution in [0.3, 0.4) is 0 Å². The van der Waals surface area contributed by atoms with Gasteiger partial charge in [0.05, 0.1) is 12.7 Å². The third-order valence-electron chi connectivity index (χ3n) is 2.03. The first-order valence-corrected chi connectivity index (χ1v) is 4.93. The predicted octanol–water partition coefficient (Wildman–Crippen LogP) is -0.155. The Labute approximate surface area is 83.8 Å². The van der Waals surface area contributed by atoms with Gasteiger partial charge in [-0.3, -0.25) is 0 Å². The Morgan fingerprint density at radius 2 is 2.36 bits per heavy atom. The van der Waals surface area contributed by atoms with Crippen LogP contribution in [0.1, 0.15) is 19.3 Å². The van der Waals surface area contributed by atoms with Gasteiger partial charge in [0.1, 0.15) is 0 Å². The fourth-order valence-corrected chi connectivity index (χ4v) is 1.09. The van der Waals surface area contributed by atoms with Crippen molar-refractivity contribution in [1.82, 2.24) is 10.6 Å². The number of nitrogens with one attached hydrogen (secondary N) is 2. The minimum atomic E-state index is -0.499. The molecule has 1 atom stereocenters. The fourth-order valence-electron chi connectivity index (χ4n) is 1.09. The molecule has 1 rings (SSSR count). The van der Waals surface area contributed by atoms with E-state index in [4.69, 9.17) is 4.74 Å². The van der Waals surface area contributed by atoms with Crippen molar-refractivity contribution < 1.29 is 14.6 Å². The zero-order valence-electron chi connectivity index (χ0n) is 8.45.